The molecule has 1 aliphatic rings. The van der Waals surface area contributed by atoms with Gasteiger partial charge in [-0.1, -0.05) is 74.5 Å². The zero-order valence-electron chi connectivity index (χ0n) is 19.3. The molecule has 1 fully saturated rings. The molecule has 33 heavy (non-hydrogen) atoms. The number of fused-ring (bicyclic) bond motifs is 1. The first-order valence-corrected chi connectivity index (χ1v) is 12.7. The van der Waals surface area contributed by atoms with Crippen molar-refractivity contribution in [3.8, 4) is 0 Å². The van der Waals surface area contributed by atoms with Gasteiger partial charge in [0.1, 0.15) is 22.5 Å². The monoisotopic (exact) mass is 472 g/mol. The van der Waals surface area contributed by atoms with Crippen LogP contribution in [0.25, 0.3) is 10.8 Å². The van der Waals surface area contributed by atoms with Gasteiger partial charge in [-0.3, -0.25) is 0 Å². The van der Waals surface area contributed by atoms with Crippen molar-refractivity contribution in [2.24, 2.45) is 5.92 Å². The lowest BCUT2D eigenvalue weighted by Gasteiger charge is -2.29. The summed E-state index contributed by atoms with van der Waals surface area (Å²) >= 11 is 5.55. The summed E-state index contributed by atoms with van der Waals surface area (Å²) in [6, 6.07) is 12.3. The highest BCUT2D eigenvalue weighted by molar-refractivity contribution is 6.30. The summed E-state index contributed by atoms with van der Waals surface area (Å²) < 4.78 is 42.6. The minimum atomic E-state index is -0.784. The van der Waals surface area contributed by atoms with E-state index < -0.39 is 16.7 Å². The van der Waals surface area contributed by atoms with Crippen LogP contribution in [0.2, 0.25) is 5.02 Å². The Kier molecular flexibility index (Phi) is 8.01. The second kappa shape index (κ2) is 11.0. The summed E-state index contributed by atoms with van der Waals surface area (Å²) in [4.78, 5) is 0. The Morgan fingerprint density at radius 1 is 0.848 bits per heavy atom. The quantitative estimate of drug-likeness (QED) is 0.226. The van der Waals surface area contributed by atoms with E-state index in [0.717, 1.165) is 11.3 Å². The van der Waals surface area contributed by atoms with Crippen LogP contribution < -0.4 is 0 Å². The van der Waals surface area contributed by atoms with E-state index in [1.165, 1.54) is 69.1 Å². The summed E-state index contributed by atoms with van der Waals surface area (Å²) in [5.74, 6) is -0.375. The highest BCUT2D eigenvalue weighted by atomic mass is 35.5. The van der Waals surface area contributed by atoms with Crippen LogP contribution in [0.3, 0.4) is 0 Å². The first-order valence-electron chi connectivity index (χ1n) is 12.3. The van der Waals surface area contributed by atoms with Gasteiger partial charge < -0.3 is 0 Å². The van der Waals surface area contributed by atoms with Crippen molar-refractivity contribution in [3.05, 3.63) is 81.6 Å². The number of aryl methyl sites for hydroxylation is 2. The molecule has 0 aliphatic heterocycles. The molecule has 1 saturated carbocycles. The van der Waals surface area contributed by atoms with Crippen molar-refractivity contribution in [2.45, 2.75) is 77.0 Å². The van der Waals surface area contributed by atoms with Crippen LogP contribution in [-0.2, 0) is 12.8 Å². The van der Waals surface area contributed by atoms with Crippen LogP contribution in [0.1, 0.15) is 80.9 Å². The van der Waals surface area contributed by atoms with Gasteiger partial charge in [0, 0.05) is 5.39 Å². The second-order valence-electron chi connectivity index (χ2n) is 9.61. The predicted molar refractivity (Wildman–Crippen MR) is 132 cm³/mol. The van der Waals surface area contributed by atoms with Gasteiger partial charge in [-0.2, -0.15) is 0 Å². The molecule has 0 amide bonds. The van der Waals surface area contributed by atoms with E-state index >= 15 is 4.39 Å². The molecule has 3 aromatic rings. The Bertz CT molecular complexity index is 1080. The molecule has 0 spiro atoms. The smallest absolute Gasteiger partial charge is 0.145 e. The number of hydrogen-bond donors (Lipinski definition) is 0. The molecule has 0 heterocycles. The summed E-state index contributed by atoms with van der Waals surface area (Å²) in [5.41, 5.74) is 2.34. The lowest BCUT2D eigenvalue weighted by Crippen LogP contribution is -2.13. The molecule has 0 bridgehead atoms. The van der Waals surface area contributed by atoms with E-state index in [2.05, 4.69) is 19.1 Å². The molecular weight excluding hydrogens is 441 g/mol. The first-order chi connectivity index (χ1) is 16.0. The molecule has 4 heteroatoms. The normalized spacial score (nSPS) is 18.7. The number of unbranched alkanes of at least 4 members (excludes halogenated alkanes) is 2. The molecule has 1 aliphatic carbocycles. The number of rotatable bonds is 8. The van der Waals surface area contributed by atoms with Crippen LogP contribution in [0.5, 0.6) is 0 Å². The summed E-state index contributed by atoms with van der Waals surface area (Å²) in [5, 5.41) is 1.02. The van der Waals surface area contributed by atoms with Gasteiger partial charge >= 0.3 is 0 Å². The molecule has 0 aromatic heterocycles. The third-order valence-electron chi connectivity index (χ3n) is 7.32. The molecule has 4 rings (SSSR count). The Morgan fingerprint density at radius 3 is 2.27 bits per heavy atom. The standard InChI is InChI=1S/C29H32ClF3/c1-2-3-4-5-19-6-9-21(10-7-19)23-14-15-25-24(18-23)13-12-22(29(25)33)11-8-20-16-26(31)28(30)27(32)17-20/h12-19,21H,2-11H2,1H3. The lowest BCUT2D eigenvalue weighted by atomic mass is 9.76. The molecule has 176 valence electrons. The fraction of sp³-hybridized carbons (Fsp3) is 0.448. The van der Waals surface area contributed by atoms with E-state index in [-0.39, 0.29) is 5.82 Å². The number of halogens is 4. The van der Waals surface area contributed by atoms with Gasteiger partial charge in [0.2, 0.25) is 0 Å². The maximum atomic E-state index is 15.2. The van der Waals surface area contributed by atoms with Gasteiger partial charge in [-0.25, -0.2) is 13.2 Å². The van der Waals surface area contributed by atoms with Crippen molar-refractivity contribution >= 4 is 22.4 Å². The Hall–Kier alpha value is -2.00. The van der Waals surface area contributed by atoms with Crippen LogP contribution >= 0.6 is 11.6 Å². The largest absolute Gasteiger partial charge is 0.206 e. The van der Waals surface area contributed by atoms with Crippen LogP contribution in [-0.4, -0.2) is 0 Å². The zero-order valence-corrected chi connectivity index (χ0v) is 20.0. The van der Waals surface area contributed by atoms with Crippen LogP contribution in [0.15, 0.2) is 42.5 Å². The third-order valence-corrected chi connectivity index (χ3v) is 7.68. The fourth-order valence-electron chi connectivity index (χ4n) is 5.30. The maximum absolute atomic E-state index is 15.2. The van der Waals surface area contributed by atoms with Gasteiger partial charge in [-0.15, -0.1) is 0 Å². The summed E-state index contributed by atoms with van der Waals surface area (Å²) in [6.45, 7) is 2.25. The fourth-order valence-corrected chi connectivity index (χ4v) is 5.41. The molecule has 0 unspecified atom stereocenters. The van der Waals surface area contributed by atoms with E-state index in [0.29, 0.717) is 35.3 Å². The highest BCUT2D eigenvalue weighted by Crippen LogP contribution is 2.39. The van der Waals surface area contributed by atoms with Crippen molar-refractivity contribution in [1.29, 1.82) is 0 Å². The van der Waals surface area contributed by atoms with Crippen molar-refractivity contribution in [1.82, 2.24) is 0 Å². The second-order valence-corrected chi connectivity index (χ2v) is 9.98. The average molecular weight is 473 g/mol. The Labute approximate surface area is 200 Å². The summed E-state index contributed by atoms with van der Waals surface area (Å²) in [6.07, 6.45) is 11.1. The highest BCUT2D eigenvalue weighted by Gasteiger charge is 2.22. The average Bonchev–Trinajstić information content (AvgIpc) is 2.82. The minimum Gasteiger partial charge on any atom is -0.206 e. The topological polar surface area (TPSA) is 0 Å². The Morgan fingerprint density at radius 2 is 1.58 bits per heavy atom. The van der Waals surface area contributed by atoms with Gasteiger partial charge in [0.05, 0.1) is 0 Å². The van der Waals surface area contributed by atoms with E-state index in [1.54, 1.807) is 6.07 Å². The van der Waals surface area contributed by atoms with Gasteiger partial charge in [0.25, 0.3) is 0 Å². The molecule has 0 nitrogen and oxygen atoms in total. The molecular formula is C29H32ClF3. The van der Waals surface area contributed by atoms with E-state index in [9.17, 15) is 8.78 Å². The summed E-state index contributed by atoms with van der Waals surface area (Å²) in [7, 11) is 0. The SMILES string of the molecule is CCCCCC1CCC(c2ccc3c(F)c(CCc4cc(F)c(Cl)c(F)c4)ccc3c2)CC1. The third kappa shape index (κ3) is 5.74. The van der Waals surface area contributed by atoms with Crippen molar-refractivity contribution < 1.29 is 13.2 Å². The molecule has 3 aromatic carbocycles. The molecule has 0 saturated heterocycles. The van der Waals surface area contributed by atoms with Gasteiger partial charge in [0.15, 0.2) is 0 Å². The minimum absolute atomic E-state index is 0.242. The first kappa shape index (κ1) is 24.1. The van der Waals surface area contributed by atoms with Crippen LogP contribution in [0, 0.1) is 23.4 Å². The van der Waals surface area contributed by atoms with E-state index in [1.807, 2.05) is 12.1 Å². The molecule has 0 atom stereocenters. The lowest BCUT2D eigenvalue weighted by molar-refractivity contribution is 0.303. The van der Waals surface area contributed by atoms with Crippen LogP contribution in [0.4, 0.5) is 13.2 Å². The molecule has 0 radical (unpaired) electrons. The predicted octanol–water partition coefficient (Wildman–Crippen LogP) is 9.55. The zero-order chi connectivity index (χ0) is 23.4. The maximum Gasteiger partial charge on any atom is 0.145 e. The van der Waals surface area contributed by atoms with Crippen molar-refractivity contribution in [2.75, 3.05) is 0 Å². The van der Waals surface area contributed by atoms with Gasteiger partial charge in [-0.05, 0) is 84.6 Å². The number of hydrogen-bond acceptors (Lipinski definition) is 0. The number of benzene rings is 3. The molecule has 0 N–H and O–H groups in total. The Balaban J connectivity index is 1.42. The van der Waals surface area contributed by atoms with Crippen molar-refractivity contribution in [3.63, 3.8) is 0 Å². The van der Waals surface area contributed by atoms with E-state index in [4.69, 9.17) is 11.6 Å².